The number of rotatable bonds is 5. The summed E-state index contributed by atoms with van der Waals surface area (Å²) in [6.07, 6.45) is 5.66. The summed E-state index contributed by atoms with van der Waals surface area (Å²) < 4.78 is 5.54. The lowest BCUT2D eigenvalue weighted by molar-refractivity contribution is 0.362. The average Bonchev–Trinajstić information content (AvgIpc) is 2.27. The van der Waals surface area contributed by atoms with E-state index in [9.17, 15) is 0 Å². The van der Waals surface area contributed by atoms with Crippen molar-refractivity contribution in [2.75, 3.05) is 6.61 Å². The van der Waals surface area contributed by atoms with E-state index in [1.165, 1.54) is 0 Å². The summed E-state index contributed by atoms with van der Waals surface area (Å²) in [6, 6.07) is 7.86. The van der Waals surface area contributed by atoms with Gasteiger partial charge in [-0.3, -0.25) is 0 Å². The molecular formula is C14H16O. The van der Waals surface area contributed by atoms with Crippen molar-refractivity contribution in [1.29, 1.82) is 0 Å². The highest BCUT2D eigenvalue weighted by Gasteiger charge is 2.03. The maximum atomic E-state index is 5.54. The van der Waals surface area contributed by atoms with Crippen molar-refractivity contribution in [1.82, 2.24) is 0 Å². The van der Waals surface area contributed by atoms with Gasteiger partial charge >= 0.3 is 0 Å². The van der Waals surface area contributed by atoms with E-state index in [1.807, 2.05) is 43.3 Å². The molecule has 0 N–H and O–H groups in total. The Morgan fingerprint density at radius 3 is 2.80 bits per heavy atom. The molecule has 0 fully saturated rings. The van der Waals surface area contributed by atoms with Gasteiger partial charge in [-0.25, -0.2) is 0 Å². The summed E-state index contributed by atoms with van der Waals surface area (Å²) >= 11 is 0. The minimum Gasteiger partial charge on any atom is -0.489 e. The number of ether oxygens (including phenoxy) is 1. The predicted molar refractivity (Wildman–Crippen MR) is 66.0 cm³/mol. The fourth-order valence-corrected chi connectivity index (χ4v) is 1.30. The van der Waals surface area contributed by atoms with Crippen LogP contribution in [0.1, 0.15) is 12.5 Å². The van der Waals surface area contributed by atoms with E-state index in [1.54, 1.807) is 6.08 Å². The molecule has 15 heavy (non-hydrogen) atoms. The van der Waals surface area contributed by atoms with Crippen molar-refractivity contribution < 1.29 is 4.74 Å². The number of para-hydroxylation sites is 1. The van der Waals surface area contributed by atoms with Crippen LogP contribution in [0.4, 0.5) is 0 Å². The van der Waals surface area contributed by atoms with Gasteiger partial charge in [-0.15, -0.1) is 0 Å². The van der Waals surface area contributed by atoms with E-state index < -0.39 is 0 Å². The minimum absolute atomic E-state index is 0.514. The van der Waals surface area contributed by atoms with E-state index >= 15 is 0 Å². The molecule has 0 aliphatic heterocycles. The molecule has 1 aromatic rings. The first-order valence-electron chi connectivity index (χ1n) is 4.94. The summed E-state index contributed by atoms with van der Waals surface area (Å²) in [4.78, 5) is 0. The Balaban J connectivity index is 2.94. The van der Waals surface area contributed by atoms with Crippen LogP contribution >= 0.6 is 0 Å². The van der Waals surface area contributed by atoms with Gasteiger partial charge in [-0.05, 0) is 18.6 Å². The molecule has 0 spiro atoms. The molecule has 0 heterocycles. The van der Waals surface area contributed by atoms with Crippen LogP contribution in [0, 0.1) is 0 Å². The van der Waals surface area contributed by atoms with Gasteiger partial charge in [0.15, 0.2) is 0 Å². The largest absolute Gasteiger partial charge is 0.489 e. The summed E-state index contributed by atoms with van der Waals surface area (Å²) in [5.74, 6) is 0.848. The van der Waals surface area contributed by atoms with E-state index in [0.29, 0.717) is 6.61 Å². The molecular weight excluding hydrogens is 184 g/mol. The van der Waals surface area contributed by atoms with E-state index in [4.69, 9.17) is 4.74 Å². The topological polar surface area (TPSA) is 9.23 Å². The fourth-order valence-electron chi connectivity index (χ4n) is 1.30. The molecule has 0 radical (unpaired) electrons. The Morgan fingerprint density at radius 1 is 1.40 bits per heavy atom. The Hall–Kier alpha value is -1.76. The van der Waals surface area contributed by atoms with Gasteiger partial charge in [-0.1, -0.05) is 49.6 Å². The summed E-state index contributed by atoms with van der Waals surface area (Å²) in [7, 11) is 0. The Labute approximate surface area is 91.4 Å². The first kappa shape index (κ1) is 11.3. The van der Waals surface area contributed by atoms with Crippen molar-refractivity contribution in [2.45, 2.75) is 6.92 Å². The van der Waals surface area contributed by atoms with Crippen molar-refractivity contribution in [3.05, 3.63) is 61.2 Å². The van der Waals surface area contributed by atoms with Gasteiger partial charge in [-0.2, -0.15) is 0 Å². The SMILES string of the molecule is C=CCOc1ccccc1C(=C)/C=C\C. The highest BCUT2D eigenvalue weighted by atomic mass is 16.5. The normalized spacial score (nSPS) is 10.2. The van der Waals surface area contributed by atoms with Crippen LogP contribution in [-0.4, -0.2) is 6.61 Å². The highest BCUT2D eigenvalue weighted by molar-refractivity contribution is 5.75. The third-order valence-electron chi connectivity index (χ3n) is 1.96. The molecule has 1 aromatic carbocycles. The maximum absolute atomic E-state index is 5.54. The van der Waals surface area contributed by atoms with Crippen LogP contribution in [0.2, 0.25) is 0 Å². The molecule has 0 saturated heterocycles. The zero-order valence-corrected chi connectivity index (χ0v) is 9.07. The van der Waals surface area contributed by atoms with Crippen LogP contribution in [-0.2, 0) is 0 Å². The molecule has 78 valence electrons. The monoisotopic (exact) mass is 200 g/mol. The molecule has 0 saturated carbocycles. The second-order valence-corrected chi connectivity index (χ2v) is 3.12. The molecule has 0 aromatic heterocycles. The third kappa shape index (κ3) is 3.13. The fraction of sp³-hybridized carbons (Fsp3) is 0.143. The quantitative estimate of drug-likeness (QED) is 0.518. The van der Waals surface area contributed by atoms with Gasteiger partial charge in [0.25, 0.3) is 0 Å². The number of hydrogen-bond acceptors (Lipinski definition) is 1. The Bertz CT molecular complexity index is 375. The predicted octanol–water partition coefficient (Wildman–Crippen LogP) is 3.84. The summed E-state index contributed by atoms with van der Waals surface area (Å²) in [6.45, 7) is 10.1. The third-order valence-corrected chi connectivity index (χ3v) is 1.96. The molecule has 0 aliphatic rings. The van der Waals surface area contributed by atoms with Gasteiger partial charge in [0.1, 0.15) is 12.4 Å². The second kappa shape index (κ2) is 5.86. The second-order valence-electron chi connectivity index (χ2n) is 3.12. The minimum atomic E-state index is 0.514. The van der Waals surface area contributed by atoms with Crippen LogP contribution in [0.3, 0.4) is 0 Å². The summed E-state index contributed by atoms with van der Waals surface area (Å²) in [5, 5.41) is 0. The lowest BCUT2D eigenvalue weighted by Gasteiger charge is -2.09. The van der Waals surface area contributed by atoms with Gasteiger partial charge in [0.05, 0.1) is 0 Å². The van der Waals surface area contributed by atoms with E-state index in [0.717, 1.165) is 16.9 Å². The molecule has 0 atom stereocenters. The van der Waals surface area contributed by atoms with Crippen molar-refractivity contribution >= 4 is 5.57 Å². The molecule has 0 unspecified atom stereocenters. The van der Waals surface area contributed by atoms with Crippen LogP contribution in [0.25, 0.3) is 5.57 Å². The van der Waals surface area contributed by atoms with Crippen LogP contribution in [0.15, 0.2) is 55.7 Å². The van der Waals surface area contributed by atoms with Gasteiger partial charge in [0, 0.05) is 5.56 Å². The highest BCUT2D eigenvalue weighted by Crippen LogP contribution is 2.25. The Kier molecular flexibility index (Phi) is 4.42. The van der Waals surface area contributed by atoms with Crippen LogP contribution in [0.5, 0.6) is 5.75 Å². The molecule has 0 amide bonds. The molecule has 0 aliphatic carbocycles. The van der Waals surface area contributed by atoms with Crippen molar-refractivity contribution in [3.63, 3.8) is 0 Å². The van der Waals surface area contributed by atoms with E-state index in [-0.39, 0.29) is 0 Å². The molecule has 0 bridgehead atoms. The smallest absolute Gasteiger partial charge is 0.127 e. The number of allylic oxidation sites excluding steroid dienone is 3. The number of hydrogen-bond donors (Lipinski definition) is 0. The number of benzene rings is 1. The lowest BCUT2D eigenvalue weighted by atomic mass is 10.1. The van der Waals surface area contributed by atoms with Gasteiger partial charge < -0.3 is 4.74 Å². The summed E-state index contributed by atoms with van der Waals surface area (Å²) in [5.41, 5.74) is 1.98. The first-order chi connectivity index (χ1) is 7.29. The van der Waals surface area contributed by atoms with Gasteiger partial charge in [0.2, 0.25) is 0 Å². The molecule has 1 heteroatoms. The first-order valence-corrected chi connectivity index (χ1v) is 4.94. The molecule has 1 nitrogen and oxygen atoms in total. The Morgan fingerprint density at radius 2 is 2.13 bits per heavy atom. The van der Waals surface area contributed by atoms with Crippen molar-refractivity contribution in [3.8, 4) is 5.75 Å². The van der Waals surface area contributed by atoms with Crippen molar-refractivity contribution in [2.24, 2.45) is 0 Å². The average molecular weight is 200 g/mol. The maximum Gasteiger partial charge on any atom is 0.127 e. The standard InChI is InChI=1S/C14H16O/c1-4-8-12(3)13-9-6-7-10-14(13)15-11-5-2/h4-10H,2-3,11H2,1H3/b8-4-. The molecule has 1 rings (SSSR count). The zero-order valence-electron chi connectivity index (χ0n) is 9.07. The van der Waals surface area contributed by atoms with Crippen LogP contribution < -0.4 is 4.74 Å². The van der Waals surface area contributed by atoms with E-state index in [2.05, 4.69) is 13.2 Å². The lowest BCUT2D eigenvalue weighted by Crippen LogP contribution is -1.95. The zero-order chi connectivity index (χ0) is 11.1.